The third kappa shape index (κ3) is 4.90. The van der Waals surface area contributed by atoms with Gasteiger partial charge in [0, 0.05) is 0 Å². The molecule has 0 radical (unpaired) electrons. The molecular formula is C10H20N4O. The van der Waals surface area contributed by atoms with Crippen molar-refractivity contribution in [2.24, 2.45) is 0 Å². The molecule has 0 aliphatic rings. The van der Waals surface area contributed by atoms with Crippen molar-refractivity contribution in [2.75, 3.05) is 13.7 Å². The lowest BCUT2D eigenvalue weighted by molar-refractivity contribution is -0.00795. The highest BCUT2D eigenvalue weighted by atomic mass is 16.5. The van der Waals surface area contributed by atoms with Crippen LogP contribution in [0.2, 0.25) is 0 Å². The number of ether oxygens (including phenoxy) is 1. The number of nitrogens with one attached hydrogen (secondary N) is 1. The van der Waals surface area contributed by atoms with Gasteiger partial charge in [-0.3, -0.25) is 4.68 Å². The molecule has 1 N–H and O–H groups in total. The molecule has 0 saturated carbocycles. The fraction of sp³-hybridized carbons (Fsp3) is 0.800. The first-order valence-corrected chi connectivity index (χ1v) is 5.18. The van der Waals surface area contributed by atoms with Crippen molar-refractivity contribution in [1.82, 2.24) is 20.1 Å². The first-order chi connectivity index (χ1) is 7.01. The Labute approximate surface area is 90.8 Å². The highest BCUT2D eigenvalue weighted by Crippen LogP contribution is 2.06. The van der Waals surface area contributed by atoms with Crippen molar-refractivity contribution in [3.8, 4) is 0 Å². The number of rotatable bonds is 5. The summed E-state index contributed by atoms with van der Waals surface area (Å²) in [7, 11) is 1.88. The van der Waals surface area contributed by atoms with Gasteiger partial charge >= 0.3 is 0 Å². The average molecular weight is 212 g/mol. The van der Waals surface area contributed by atoms with E-state index < -0.39 is 0 Å². The zero-order chi connectivity index (χ0) is 11.3. The zero-order valence-electron chi connectivity index (χ0n) is 9.95. The normalized spacial score (nSPS) is 12.0. The second kappa shape index (κ2) is 5.23. The monoisotopic (exact) mass is 212 g/mol. The number of hydrogen-bond acceptors (Lipinski definition) is 4. The molecule has 0 fully saturated rings. The maximum absolute atomic E-state index is 5.60. The van der Waals surface area contributed by atoms with Crippen molar-refractivity contribution in [1.29, 1.82) is 0 Å². The predicted octanol–water partition coefficient (Wildman–Crippen LogP) is 0.813. The molecule has 5 nitrogen and oxygen atoms in total. The summed E-state index contributed by atoms with van der Waals surface area (Å²) in [5.41, 5.74) is -0.0889. The van der Waals surface area contributed by atoms with Gasteiger partial charge in [-0.1, -0.05) is 0 Å². The van der Waals surface area contributed by atoms with Crippen LogP contribution >= 0.6 is 0 Å². The van der Waals surface area contributed by atoms with E-state index in [2.05, 4.69) is 15.4 Å². The number of hydrogen-bond donors (Lipinski definition) is 1. The van der Waals surface area contributed by atoms with Gasteiger partial charge in [0.05, 0.1) is 25.3 Å². The Balaban J connectivity index is 2.31. The molecule has 0 amide bonds. The molecule has 0 aliphatic carbocycles. The van der Waals surface area contributed by atoms with E-state index >= 15 is 0 Å². The average Bonchev–Trinajstić information content (AvgIpc) is 2.51. The number of aromatic nitrogens is 3. The van der Waals surface area contributed by atoms with Crippen LogP contribution in [0.25, 0.3) is 0 Å². The van der Waals surface area contributed by atoms with Crippen molar-refractivity contribution in [2.45, 2.75) is 39.5 Å². The summed E-state index contributed by atoms with van der Waals surface area (Å²) < 4.78 is 7.40. The first-order valence-electron chi connectivity index (χ1n) is 5.18. The Kier molecular flexibility index (Phi) is 4.23. The standard InChI is InChI=1S/C10H20N4O/c1-10(2,3)15-6-5-14-8-12-9(13-14)7-11-4/h8,11H,5-7H2,1-4H3. The molecule has 1 aromatic rings. The van der Waals surface area contributed by atoms with Crippen molar-refractivity contribution in [3.63, 3.8) is 0 Å². The van der Waals surface area contributed by atoms with Crippen molar-refractivity contribution >= 4 is 0 Å². The fourth-order valence-electron chi connectivity index (χ4n) is 1.13. The highest BCUT2D eigenvalue weighted by Gasteiger charge is 2.09. The predicted molar refractivity (Wildman–Crippen MR) is 58.5 cm³/mol. The van der Waals surface area contributed by atoms with E-state index in [-0.39, 0.29) is 5.60 Å². The molecule has 0 aromatic carbocycles. The third-order valence-electron chi connectivity index (χ3n) is 1.77. The van der Waals surface area contributed by atoms with Gasteiger partial charge in [0.15, 0.2) is 5.82 Å². The Morgan fingerprint density at radius 3 is 2.80 bits per heavy atom. The van der Waals surface area contributed by atoms with E-state index in [9.17, 15) is 0 Å². The summed E-state index contributed by atoms with van der Waals surface area (Å²) in [5.74, 6) is 0.813. The molecule has 0 atom stereocenters. The summed E-state index contributed by atoms with van der Waals surface area (Å²) >= 11 is 0. The van der Waals surface area contributed by atoms with Gasteiger partial charge in [-0.15, -0.1) is 0 Å². The van der Waals surface area contributed by atoms with Crippen LogP contribution in [0, 0.1) is 0 Å². The smallest absolute Gasteiger partial charge is 0.164 e. The van der Waals surface area contributed by atoms with Gasteiger partial charge < -0.3 is 10.1 Å². The van der Waals surface area contributed by atoms with Gasteiger partial charge in [0.25, 0.3) is 0 Å². The van der Waals surface area contributed by atoms with Crippen LogP contribution in [0.5, 0.6) is 0 Å². The van der Waals surface area contributed by atoms with Crippen molar-refractivity contribution in [3.05, 3.63) is 12.2 Å². The molecular weight excluding hydrogens is 192 g/mol. The van der Waals surface area contributed by atoms with Crippen LogP contribution in [0.4, 0.5) is 0 Å². The maximum atomic E-state index is 5.60. The van der Waals surface area contributed by atoms with Gasteiger partial charge in [-0.25, -0.2) is 4.98 Å². The summed E-state index contributed by atoms with van der Waals surface area (Å²) in [6.07, 6.45) is 1.73. The van der Waals surface area contributed by atoms with Gasteiger partial charge in [0.1, 0.15) is 6.33 Å². The minimum Gasteiger partial charge on any atom is -0.374 e. The molecule has 86 valence electrons. The topological polar surface area (TPSA) is 52.0 Å². The minimum atomic E-state index is -0.0889. The second-order valence-electron chi connectivity index (χ2n) is 4.42. The Bertz CT molecular complexity index is 290. The van der Waals surface area contributed by atoms with Gasteiger partial charge in [0.2, 0.25) is 0 Å². The van der Waals surface area contributed by atoms with Crippen LogP contribution in [-0.2, 0) is 17.8 Å². The van der Waals surface area contributed by atoms with Crippen LogP contribution in [0.15, 0.2) is 6.33 Å². The van der Waals surface area contributed by atoms with E-state index in [1.165, 1.54) is 0 Å². The van der Waals surface area contributed by atoms with Crippen LogP contribution in [0.1, 0.15) is 26.6 Å². The molecule has 1 rings (SSSR count). The summed E-state index contributed by atoms with van der Waals surface area (Å²) in [6, 6.07) is 0. The Hall–Kier alpha value is -0.940. The maximum Gasteiger partial charge on any atom is 0.164 e. The highest BCUT2D eigenvalue weighted by molar-refractivity contribution is 4.79. The van der Waals surface area contributed by atoms with Crippen LogP contribution < -0.4 is 5.32 Å². The van der Waals surface area contributed by atoms with E-state index in [1.807, 2.05) is 27.8 Å². The first kappa shape index (κ1) is 12.1. The van der Waals surface area contributed by atoms with Gasteiger partial charge in [-0.2, -0.15) is 5.10 Å². The lowest BCUT2D eigenvalue weighted by atomic mass is 10.2. The Morgan fingerprint density at radius 2 is 2.20 bits per heavy atom. The summed E-state index contributed by atoms with van der Waals surface area (Å²) in [4.78, 5) is 4.15. The van der Waals surface area contributed by atoms with Crippen LogP contribution in [-0.4, -0.2) is 34.0 Å². The molecule has 1 aromatic heterocycles. The molecule has 15 heavy (non-hydrogen) atoms. The molecule has 0 bridgehead atoms. The van der Waals surface area contributed by atoms with Crippen LogP contribution in [0.3, 0.4) is 0 Å². The summed E-state index contributed by atoms with van der Waals surface area (Å²) in [5, 5.41) is 7.29. The second-order valence-corrected chi connectivity index (χ2v) is 4.42. The molecule has 0 unspecified atom stereocenters. The molecule has 5 heteroatoms. The molecule has 1 heterocycles. The number of nitrogens with zero attached hydrogens (tertiary/aromatic N) is 3. The van der Waals surface area contributed by atoms with Crippen molar-refractivity contribution < 1.29 is 4.74 Å². The quantitative estimate of drug-likeness (QED) is 0.785. The Morgan fingerprint density at radius 1 is 1.47 bits per heavy atom. The third-order valence-corrected chi connectivity index (χ3v) is 1.77. The largest absolute Gasteiger partial charge is 0.374 e. The lowest BCUT2D eigenvalue weighted by Crippen LogP contribution is -2.22. The minimum absolute atomic E-state index is 0.0889. The van der Waals surface area contributed by atoms with E-state index in [1.54, 1.807) is 11.0 Å². The SMILES string of the molecule is CNCc1ncn(CCOC(C)(C)C)n1. The van der Waals surface area contributed by atoms with E-state index in [0.29, 0.717) is 13.2 Å². The van der Waals surface area contributed by atoms with E-state index in [0.717, 1.165) is 12.4 Å². The van der Waals surface area contributed by atoms with Gasteiger partial charge in [-0.05, 0) is 27.8 Å². The molecule has 0 spiro atoms. The lowest BCUT2D eigenvalue weighted by Gasteiger charge is -2.19. The van der Waals surface area contributed by atoms with E-state index in [4.69, 9.17) is 4.74 Å². The molecule has 0 saturated heterocycles. The molecule has 0 aliphatic heterocycles. The zero-order valence-corrected chi connectivity index (χ0v) is 9.95. The summed E-state index contributed by atoms with van der Waals surface area (Å²) in [6.45, 7) is 8.23. The fourth-order valence-corrected chi connectivity index (χ4v) is 1.13.